The molecule has 0 saturated carbocycles. The van der Waals surface area contributed by atoms with Crippen LogP contribution in [0.4, 0.5) is 17.1 Å². The lowest BCUT2D eigenvalue weighted by Gasteiger charge is -2.22. The second-order valence-corrected chi connectivity index (χ2v) is 9.82. The maximum atomic E-state index is 4.40. The van der Waals surface area contributed by atoms with Crippen LogP contribution in [-0.4, -0.2) is 28.4 Å². The summed E-state index contributed by atoms with van der Waals surface area (Å²) in [5.41, 5.74) is 4.97. The molecule has 0 spiro atoms. The number of hydrogen-bond acceptors (Lipinski definition) is 6. The SMILES string of the molecule is CCN(CCn1cc[n+](C)c1)c1ccc(N=Nc2ccc(/C=N/N=c3\sc(C)c(C)n3C)cc2)cc1.[Br-]. The van der Waals surface area contributed by atoms with Crippen LogP contribution in [-0.2, 0) is 20.6 Å². The van der Waals surface area contributed by atoms with E-state index in [4.69, 9.17) is 0 Å². The van der Waals surface area contributed by atoms with Gasteiger partial charge in [0.15, 0.2) is 0 Å². The van der Waals surface area contributed by atoms with Crippen molar-refractivity contribution < 1.29 is 21.5 Å². The number of rotatable bonds is 9. The maximum absolute atomic E-state index is 4.40. The predicted molar refractivity (Wildman–Crippen MR) is 146 cm³/mol. The number of hydrogen-bond donors (Lipinski definition) is 0. The van der Waals surface area contributed by atoms with E-state index in [1.54, 1.807) is 17.6 Å². The lowest BCUT2D eigenvalue weighted by Crippen LogP contribution is -3.00. The zero-order chi connectivity index (χ0) is 25.5. The highest BCUT2D eigenvalue weighted by molar-refractivity contribution is 7.09. The zero-order valence-electron chi connectivity index (χ0n) is 21.9. The van der Waals surface area contributed by atoms with E-state index in [0.717, 1.165) is 41.4 Å². The van der Waals surface area contributed by atoms with Crippen molar-refractivity contribution >= 4 is 34.6 Å². The Labute approximate surface area is 232 Å². The zero-order valence-corrected chi connectivity index (χ0v) is 24.3. The van der Waals surface area contributed by atoms with Gasteiger partial charge in [0, 0.05) is 29.9 Å². The molecule has 0 aliphatic heterocycles. The highest BCUT2D eigenvalue weighted by Gasteiger charge is 2.07. The summed E-state index contributed by atoms with van der Waals surface area (Å²) in [6.07, 6.45) is 8.00. The predicted octanol–water partition coefficient (Wildman–Crippen LogP) is 2.21. The summed E-state index contributed by atoms with van der Waals surface area (Å²) in [6.45, 7) is 9.19. The molecule has 2 heterocycles. The first-order valence-corrected chi connectivity index (χ1v) is 12.8. The van der Waals surface area contributed by atoms with Crippen molar-refractivity contribution in [3.63, 3.8) is 0 Å². The summed E-state index contributed by atoms with van der Waals surface area (Å²) >= 11 is 1.64. The average molecular weight is 582 g/mol. The molecule has 2 aromatic heterocycles. The van der Waals surface area contributed by atoms with E-state index < -0.39 is 0 Å². The molecule has 0 N–H and O–H groups in total. The van der Waals surface area contributed by atoms with Crippen molar-refractivity contribution in [1.82, 2.24) is 9.13 Å². The van der Waals surface area contributed by atoms with Crippen LogP contribution in [0.15, 0.2) is 87.7 Å². The number of nitrogens with zero attached hydrogens (tertiary/aromatic N) is 8. The first-order valence-electron chi connectivity index (χ1n) is 12.0. The Morgan fingerprint density at radius 2 is 1.65 bits per heavy atom. The van der Waals surface area contributed by atoms with Crippen molar-refractivity contribution in [2.75, 3.05) is 18.0 Å². The molecule has 4 rings (SSSR count). The van der Waals surface area contributed by atoms with Gasteiger partial charge >= 0.3 is 0 Å². The number of azo groups is 1. The monoisotopic (exact) mass is 580 g/mol. The van der Waals surface area contributed by atoms with Gasteiger partial charge in [0.1, 0.15) is 18.9 Å². The normalized spacial score (nSPS) is 12.0. The van der Waals surface area contributed by atoms with Gasteiger partial charge in [0.2, 0.25) is 11.1 Å². The number of halogens is 1. The highest BCUT2D eigenvalue weighted by Crippen LogP contribution is 2.22. The van der Waals surface area contributed by atoms with Gasteiger partial charge in [-0.1, -0.05) is 12.1 Å². The summed E-state index contributed by atoms with van der Waals surface area (Å²) in [5.74, 6) is 0. The number of anilines is 1. The molecule has 0 amide bonds. The van der Waals surface area contributed by atoms with E-state index in [1.807, 2.05) is 50.5 Å². The molecule has 0 aliphatic rings. The van der Waals surface area contributed by atoms with Crippen LogP contribution in [0.25, 0.3) is 0 Å². The Morgan fingerprint density at radius 3 is 2.19 bits per heavy atom. The Balaban J connectivity index is 0.00000380. The largest absolute Gasteiger partial charge is 1.00 e. The fraction of sp³-hybridized carbons (Fsp3) is 0.296. The second-order valence-electron chi connectivity index (χ2n) is 8.63. The standard InChI is InChI=1S/C27H33N8S.BrH/c1-6-35(18-17-34-16-15-32(4)20-34)26-13-11-25(12-14-26)30-29-24-9-7-23(8-10-24)19-28-31-27-33(5)21(2)22(3)36-27;/h7-16,19-20H,6,17-18H2,1-5H3;1H/q+1;/p-1/b28-19+,30-29?,31-27-;. The molecule has 8 nitrogen and oxygen atoms in total. The van der Waals surface area contributed by atoms with Gasteiger partial charge in [-0.3, -0.25) is 0 Å². The third-order valence-electron chi connectivity index (χ3n) is 6.12. The van der Waals surface area contributed by atoms with Crippen molar-refractivity contribution in [2.24, 2.45) is 34.5 Å². The minimum atomic E-state index is 0. The van der Waals surface area contributed by atoms with E-state index in [9.17, 15) is 0 Å². The van der Waals surface area contributed by atoms with E-state index in [-0.39, 0.29) is 17.0 Å². The minimum absolute atomic E-state index is 0. The number of likely N-dealkylation sites (N-methyl/N-ethyl adjacent to an activating group) is 1. The third kappa shape index (κ3) is 7.56. The van der Waals surface area contributed by atoms with Gasteiger partial charge in [-0.25, -0.2) is 9.13 Å². The Bertz CT molecular complexity index is 1410. The van der Waals surface area contributed by atoms with Crippen LogP contribution in [0.2, 0.25) is 0 Å². The van der Waals surface area contributed by atoms with Crippen LogP contribution in [0.3, 0.4) is 0 Å². The molecule has 0 fully saturated rings. The molecule has 37 heavy (non-hydrogen) atoms. The summed E-state index contributed by atoms with van der Waals surface area (Å²) < 4.78 is 6.31. The van der Waals surface area contributed by atoms with Gasteiger partial charge in [-0.15, -0.1) is 16.4 Å². The molecule has 0 bridgehead atoms. The lowest BCUT2D eigenvalue weighted by molar-refractivity contribution is -0.671. The van der Waals surface area contributed by atoms with Crippen LogP contribution >= 0.6 is 11.3 Å². The number of benzene rings is 2. The van der Waals surface area contributed by atoms with Gasteiger partial charge in [0.25, 0.3) is 0 Å². The molecular weight excluding hydrogens is 548 g/mol. The number of thiazole rings is 1. The molecular formula is C27H33BrN8S. The average Bonchev–Trinajstić information content (AvgIpc) is 3.42. The summed E-state index contributed by atoms with van der Waals surface area (Å²) in [5, 5.41) is 17.4. The first kappa shape index (κ1) is 28.2. The van der Waals surface area contributed by atoms with Crippen molar-refractivity contribution in [1.29, 1.82) is 0 Å². The van der Waals surface area contributed by atoms with Gasteiger partial charge in [-0.2, -0.15) is 15.3 Å². The molecule has 194 valence electrons. The van der Waals surface area contributed by atoms with Gasteiger partial charge in [-0.05, 0) is 62.7 Å². The van der Waals surface area contributed by atoms with E-state index in [1.165, 1.54) is 16.3 Å². The maximum Gasteiger partial charge on any atom is 0.243 e. The van der Waals surface area contributed by atoms with Gasteiger partial charge < -0.3 is 26.4 Å². The minimum Gasteiger partial charge on any atom is -1.00 e. The Kier molecular flexibility index (Phi) is 10.1. The van der Waals surface area contributed by atoms with Crippen molar-refractivity contribution in [3.8, 4) is 0 Å². The lowest BCUT2D eigenvalue weighted by atomic mass is 10.2. The topological polar surface area (TPSA) is 66.4 Å². The third-order valence-corrected chi connectivity index (χ3v) is 7.26. The number of imidazole rings is 1. The quantitative estimate of drug-likeness (QED) is 0.129. The molecule has 0 unspecified atom stereocenters. The molecule has 4 aromatic rings. The van der Waals surface area contributed by atoms with E-state index in [0.29, 0.717) is 0 Å². The van der Waals surface area contributed by atoms with E-state index in [2.05, 4.69) is 90.7 Å². The molecule has 0 saturated heterocycles. The van der Waals surface area contributed by atoms with Crippen LogP contribution in [0.1, 0.15) is 23.1 Å². The van der Waals surface area contributed by atoms with Crippen molar-refractivity contribution in [3.05, 3.63) is 88.2 Å². The van der Waals surface area contributed by atoms with Crippen LogP contribution in [0.5, 0.6) is 0 Å². The number of aryl methyl sites for hydroxylation is 2. The molecule has 0 radical (unpaired) electrons. The number of aromatic nitrogens is 3. The van der Waals surface area contributed by atoms with Crippen LogP contribution < -0.4 is 31.2 Å². The molecule has 2 aromatic carbocycles. The fourth-order valence-electron chi connectivity index (χ4n) is 3.70. The highest BCUT2D eigenvalue weighted by atomic mass is 79.9. The second kappa shape index (κ2) is 13.3. The molecule has 10 heteroatoms. The Hall–Kier alpha value is -3.37. The Morgan fingerprint density at radius 1 is 1.00 bits per heavy atom. The smallest absolute Gasteiger partial charge is 0.243 e. The molecule has 0 atom stereocenters. The van der Waals surface area contributed by atoms with Gasteiger partial charge in [0.05, 0.1) is 31.2 Å². The summed E-state index contributed by atoms with van der Waals surface area (Å²) in [4.78, 5) is 4.49. The summed E-state index contributed by atoms with van der Waals surface area (Å²) in [7, 11) is 4.04. The first-order chi connectivity index (χ1) is 17.4. The molecule has 0 aliphatic carbocycles. The van der Waals surface area contributed by atoms with Crippen LogP contribution in [0, 0.1) is 13.8 Å². The van der Waals surface area contributed by atoms with E-state index >= 15 is 0 Å². The van der Waals surface area contributed by atoms with Crippen molar-refractivity contribution in [2.45, 2.75) is 27.3 Å². The summed E-state index contributed by atoms with van der Waals surface area (Å²) in [6, 6.07) is 16.0. The fourth-order valence-corrected chi connectivity index (χ4v) is 4.62.